The summed E-state index contributed by atoms with van der Waals surface area (Å²) in [5, 5.41) is 9.36. The van der Waals surface area contributed by atoms with Crippen LogP contribution in [0.15, 0.2) is 47.5 Å². The Morgan fingerprint density at radius 1 is 1.12 bits per heavy atom. The molecule has 124 valence electrons. The zero-order valence-corrected chi connectivity index (χ0v) is 14.0. The minimum atomic E-state index is -4.20. The maximum atomic E-state index is 13.4. The van der Waals surface area contributed by atoms with Crippen molar-refractivity contribution in [1.82, 2.24) is 3.97 Å². The molecule has 3 rings (SSSR count). The molecule has 0 unspecified atom stereocenters. The van der Waals surface area contributed by atoms with E-state index in [-0.39, 0.29) is 31.4 Å². The zero-order valence-electron chi connectivity index (χ0n) is 11.7. The molecule has 3 aromatic rings. The van der Waals surface area contributed by atoms with E-state index in [1.54, 1.807) is 0 Å². The van der Waals surface area contributed by atoms with Crippen LogP contribution in [0.3, 0.4) is 0 Å². The summed E-state index contributed by atoms with van der Waals surface area (Å²) in [5.41, 5.74) is -0.307. The van der Waals surface area contributed by atoms with Gasteiger partial charge in [-0.05, 0) is 36.4 Å². The molecule has 0 saturated heterocycles. The fourth-order valence-corrected chi connectivity index (χ4v) is 4.45. The van der Waals surface area contributed by atoms with Crippen LogP contribution in [-0.2, 0) is 10.0 Å². The number of rotatable bonds is 3. The molecule has 0 aliphatic rings. The highest BCUT2D eigenvalue weighted by Gasteiger charge is 2.25. The van der Waals surface area contributed by atoms with E-state index in [4.69, 9.17) is 23.2 Å². The summed E-state index contributed by atoms with van der Waals surface area (Å²) < 4.78 is 39.9. The summed E-state index contributed by atoms with van der Waals surface area (Å²) >= 11 is 11.7. The zero-order chi connectivity index (χ0) is 17.6. The van der Waals surface area contributed by atoms with E-state index in [1.165, 1.54) is 24.3 Å². The Kier molecular flexibility index (Phi) is 4.03. The van der Waals surface area contributed by atoms with Gasteiger partial charge in [0.15, 0.2) is 0 Å². The Balaban J connectivity index is 2.35. The van der Waals surface area contributed by atoms with Gasteiger partial charge in [-0.15, -0.1) is 0 Å². The fourth-order valence-electron chi connectivity index (χ4n) is 2.33. The number of nitrogens with zero attached hydrogens (tertiary/aromatic N) is 1. The first kappa shape index (κ1) is 16.8. The second-order valence-corrected chi connectivity index (χ2v) is 7.51. The van der Waals surface area contributed by atoms with Gasteiger partial charge in [-0.1, -0.05) is 23.2 Å². The van der Waals surface area contributed by atoms with Crippen molar-refractivity contribution in [2.75, 3.05) is 0 Å². The molecular weight excluding hydrogens is 380 g/mol. The lowest BCUT2D eigenvalue weighted by molar-refractivity contribution is 0.0699. The van der Waals surface area contributed by atoms with Crippen LogP contribution in [0.1, 0.15) is 10.4 Å². The fraction of sp³-hybridized carbons (Fsp3) is 0. The maximum Gasteiger partial charge on any atom is 0.337 e. The van der Waals surface area contributed by atoms with Gasteiger partial charge in [-0.25, -0.2) is 21.6 Å². The predicted octanol–water partition coefficient (Wildman–Crippen LogP) is 4.02. The summed E-state index contributed by atoms with van der Waals surface area (Å²) in [7, 11) is -4.20. The summed E-state index contributed by atoms with van der Waals surface area (Å²) in [6, 6.07) is 7.04. The van der Waals surface area contributed by atoms with Crippen LogP contribution in [0, 0.1) is 5.82 Å². The molecule has 9 heteroatoms. The van der Waals surface area contributed by atoms with Gasteiger partial charge in [0.25, 0.3) is 10.0 Å². The van der Waals surface area contributed by atoms with Crippen molar-refractivity contribution in [3.05, 3.63) is 64.0 Å². The van der Waals surface area contributed by atoms with Crippen LogP contribution in [0.4, 0.5) is 4.39 Å². The van der Waals surface area contributed by atoms with Gasteiger partial charge in [0.1, 0.15) is 10.7 Å². The normalized spacial score (nSPS) is 11.8. The second kappa shape index (κ2) is 5.77. The molecule has 0 bridgehead atoms. The van der Waals surface area contributed by atoms with Crippen LogP contribution < -0.4 is 0 Å². The third kappa shape index (κ3) is 2.64. The number of hydrogen-bond donors (Lipinski definition) is 1. The molecule has 5 nitrogen and oxygen atoms in total. The van der Waals surface area contributed by atoms with E-state index >= 15 is 0 Å². The summed E-state index contributed by atoms with van der Waals surface area (Å²) in [5.74, 6) is -2.05. The van der Waals surface area contributed by atoms with Gasteiger partial charge in [-0.3, -0.25) is 0 Å². The van der Waals surface area contributed by atoms with Crippen LogP contribution in [0.2, 0.25) is 10.0 Å². The highest BCUT2D eigenvalue weighted by atomic mass is 35.5. The van der Waals surface area contributed by atoms with Crippen molar-refractivity contribution < 1.29 is 22.7 Å². The van der Waals surface area contributed by atoms with Crippen molar-refractivity contribution >= 4 is 50.1 Å². The number of hydrogen-bond acceptors (Lipinski definition) is 3. The molecule has 0 aliphatic heterocycles. The lowest BCUT2D eigenvalue weighted by Gasteiger charge is -2.09. The van der Waals surface area contributed by atoms with Gasteiger partial charge < -0.3 is 5.11 Å². The molecule has 1 N–H and O–H groups in total. The molecule has 0 fully saturated rings. The second-order valence-electron chi connectivity index (χ2n) is 4.89. The molecule has 0 spiro atoms. The Morgan fingerprint density at radius 2 is 1.83 bits per heavy atom. The Morgan fingerprint density at radius 3 is 2.46 bits per heavy atom. The van der Waals surface area contributed by atoms with Crippen LogP contribution in [-0.4, -0.2) is 23.5 Å². The molecule has 0 aliphatic carbocycles. The number of carboxylic acid groups (broad SMARTS) is 1. The predicted molar refractivity (Wildman–Crippen MR) is 87.9 cm³/mol. The molecular formula is C15H8Cl2FNO4S. The third-order valence-corrected chi connectivity index (χ3v) is 5.79. The molecule has 1 heterocycles. The lowest BCUT2D eigenvalue weighted by Crippen LogP contribution is -2.12. The summed E-state index contributed by atoms with van der Waals surface area (Å²) in [4.78, 5) is 11.1. The number of carboxylic acids is 1. The number of halogens is 3. The average Bonchev–Trinajstić information content (AvgIpc) is 2.86. The summed E-state index contributed by atoms with van der Waals surface area (Å²) in [6.07, 6.45) is 0.923. The van der Waals surface area contributed by atoms with Crippen molar-refractivity contribution in [1.29, 1.82) is 0 Å². The van der Waals surface area contributed by atoms with E-state index in [0.717, 1.165) is 22.3 Å². The molecule has 2 aromatic carbocycles. The number of aromatic nitrogens is 1. The van der Waals surface area contributed by atoms with E-state index in [9.17, 15) is 22.7 Å². The highest BCUT2D eigenvalue weighted by molar-refractivity contribution is 7.90. The minimum absolute atomic E-state index is 0.0276. The van der Waals surface area contributed by atoms with Crippen molar-refractivity contribution in [2.24, 2.45) is 0 Å². The first-order valence-electron chi connectivity index (χ1n) is 6.46. The van der Waals surface area contributed by atoms with Gasteiger partial charge >= 0.3 is 5.97 Å². The van der Waals surface area contributed by atoms with Crippen molar-refractivity contribution in [2.45, 2.75) is 4.90 Å². The van der Waals surface area contributed by atoms with Crippen molar-refractivity contribution in [3.8, 4) is 0 Å². The number of benzene rings is 2. The summed E-state index contributed by atoms with van der Waals surface area (Å²) in [6.45, 7) is 0. The largest absolute Gasteiger partial charge is 0.478 e. The molecule has 0 amide bonds. The molecule has 0 radical (unpaired) electrons. The first-order chi connectivity index (χ1) is 11.2. The molecule has 0 atom stereocenters. The third-order valence-electron chi connectivity index (χ3n) is 3.39. The van der Waals surface area contributed by atoms with E-state index in [1.807, 2.05) is 0 Å². The Labute approximate surface area is 145 Å². The van der Waals surface area contributed by atoms with Gasteiger partial charge in [0.05, 0.1) is 16.1 Å². The monoisotopic (exact) mass is 387 g/mol. The SMILES string of the molecule is O=C(O)c1cn(S(=O)(=O)c2ccc(Cl)cc2Cl)c2ccc(F)cc12. The smallest absolute Gasteiger partial charge is 0.337 e. The van der Waals surface area contributed by atoms with Gasteiger partial charge in [-0.2, -0.15) is 0 Å². The van der Waals surface area contributed by atoms with Crippen LogP contribution in [0.25, 0.3) is 10.9 Å². The van der Waals surface area contributed by atoms with E-state index < -0.39 is 21.8 Å². The maximum absolute atomic E-state index is 13.4. The Bertz CT molecular complexity index is 1090. The van der Waals surface area contributed by atoms with Gasteiger partial charge in [0, 0.05) is 16.6 Å². The quantitative estimate of drug-likeness (QED) is 0.735. The topological polar surface area (TPSA) is 76.4 Å². The molecule has 1 aromatic heterocycles. The van der Waals surface area contributed by atoms with Gasteiger partial charge in [0.2, 0.25) is 0 Å². The van der Waals surface area contributed by atoms with Crippen LogP contribution >= 0.6 is 23.2 Å². The standard InChI is InChI=1S/C15H8Cl2FNO4S/c16-8-1-4-14(12(17)5-8)24(22,23)19-7-11(15(20)21)10-6-9(18)2-3-13(10)19/h1-7H,(H,20,21). The Hall–Kier alpha value is -2.09. The number of aromatic carboxylic acids is 1. The van der Waals surface area contributed by atoms with Crippen molar-refractivity contribution in [3.63, 3.8) is 0 Å². The minimum Gasteiger partial charge on any atom is -0.478 e. The molecule has 24 heavy (non-hydrogen) atoms. The molecule has 0 saturated carbocycles. The number of fused-ring (bicyclic) bond motifs is 1. The lowest BCUT2D eigenvalue weighted by atomic mass is 10.2. The average molecular weight is 388 g/mol. The van der Waals surface area contributed by atoms with E-state index in [2.05, 4.69) is 0 Å². The first-order valence-corrected chi connectivity index (χ1v) is 8.66. The highest BCUT2D eigenvalue weighted by Crippen LogP contribution is 2.31. The van der Waals surface area contributed by atoms with E-state index in [0.29, 0.717) is 0 Å². The van der Waals surface area contributed by atoms with Crippen LogP contribution in [0.5, 0.6) is 0 Å². The number of carbonyl (C=O) groups is 1.